The Morgan fingerprint density at radius 3 is 1.67 bits per heavy atom. The second-order valence-electron chi connectivity index (χ2n) is 1.34. The van der Waals surface area contributed by atoms with Gasteiger partial charge in [0.1, 0.15) is 5.75 Å². The molecule has 0 atom stereocenters. The van der Waals surface area contributed by atoms with Crippen molar-refractivity contribution in [2.45, 2.75) is 0 Å². The number of hydrogen-bond acceptors (Lipinski definition) is 1. The molecule has 1 aromatic rings. The Hall–Kier alpha value is -0.150. The van der Waals surface area contributed by atoms with E-state index in [1.807, 2.05) is 6.07 Å². The first-order valence-corrected chi connectivity index (χ1v) is 2.13. The minimum Gasteiger partial charge on any atom is -0.508 e. The molecule has 0 spiro atoms. The summed E-state index contributed by atoms with van der Waals surface area (Å²) in [5, 5.41) is 8.63. The SMILES string of the molecule is O.Oc1ccccc1.[Sc]. The van der Waals surface area contributed by atoms with Crippen LogP contribution >= 0.6 is 0 Å². The van der Waals surface area contributed by atoms with Crippen LogP contribution in [0, 0.1) is 0 Å². The second kappa shape index (κ2) is 5.98. The van der Waals surface area contributed by atoms with Crippen LogP contribution in [0.25, 0.3) is 0 Å². The first-order chi connectivity index (χ1) is 3.39. The molecule has 0 saturated heterocycles. The summed E-state index contributed by atoms with van der Waals surface area (Å²) in [5.41, 5.74) is 0. The molecule has 3 heteroatoms. The van der Waals surface area contributed by atoms with Crippen molar-refractivity contribution >= 4 is 0 Å². The minimum absolute atomic E-state index is 0. The molecule has 1 rings (SSSR count). The standard InChI is InChI=1S/C6H6O.H2O.Sc/c7-6-4-2-1-3-5-6;;/h1-5,7H;1H2;. The van der Waals surface area contributed by atoms with Gasteiger partial charge in [0.05, 0.1) is 0 Å². The van der Waals surface area contributed by atoms with E-state index in [-0.39, 0.29) is 31.3 Å². The number of para-hydroxylation sites is 1. The summed E-state index contributed by atoms with van der Waals surface area (Å²) >= 11 is 0. The molecule has 0 fully saturated rings. The van der Waals surface area contributed by atoms with Gasteiger partial charge in [0.25, 0.3) is 0 Å². The fourth-order valence-corrected chi connectivity index (χ4v) is 0.428. The third-order valence-corrected chi connectivity index (χ3v) is 0.756. The Morgan fingerprint density at radius 1 is 1.00 bits per heavy atom. The predicted molar refractivity (Wildman–Crippen MR) is 31.7 cm³/mol. The molecular formula is C6H8O2Sc. The van der Waals surface area contributed by atoms with Gasteiger partial charge < -0.3 is 10.6 Å². The van der Waals surface area contributed by atoms with Crippen LogP contribution in [0.15, 0.2) is 30.3 Å². The average Bonchev–Trinajstić information content (AvgIpc) is 1.69. The fourth-order valence-electron chi connectivity index (χ4n) is 0.428. The quantitative estimate of drug-likeness (QED) is 0.587. The smallest absolute Gasteiger partial charge is 0.115 e. The molecular weight excluding hydrogens is 149 g/mol. The summed E-state index contributed by atoms with van der Waals surface area (Å²) in [7, 11) is 0. The van der Waals surface area contributed by atoms with Crippen molar-refractivity contribution in [1.82, 2.24) is 0 Å². The van der Waals surface area contributed by atoms with E-state index in [4.69, 9.17) is 5.11 Å². The molecule has 0 aliphatic heterocycles. The van der Waals surface area contributed by atoms with Gasteiger partial charge in [-0.05, 0) is 12.1 Å². The third-order valence-electron chi connectivity index (χ3n) is 0.756. The number of hydrogen-bond donors (Lipinski definition) is 1. The topological polar surface area (TPSA) is 51.7 Å². The Labute approximate surface area is 72.6 Å². The predicted octanol–water partition coefficient (Wildman–Crippen LogP) is 0.565. The summed E-state index contributed by atoms with van der Waals surface area (Å²) in [6.07, 6.45) is 0. The zero-order chi connectivity index (χ0) is 5.11. The van der Waals surface area contributed by atoms with Crippen LogP contribution in [0.1, 0.15) is 0 Å². The molecule has 3 N–H and O–H groups in total. The number of aromatic hydroxyl groups is 1. The van der Waals surface area contributed by atoms with E-state index < -0.39 is 0 Å². The minimum atomic E-state index is 0. The summed E-state index contributed by atoms with van der Waals surface area (Å²) in [6.45, 7) is 0. The normalized spacial score (nSPS) is 6.67. The average molecular weight is 157 g/mol. The first kappa shape index (κ1) is 11.6. The van der Waals surface area contributed by atoms with E-state index in [1.54, 1.807) is 24.3 Å². The summed E-state index contributed by atoms with van der Waals surface area (Å²) < 4.78 is 0. The van der Waals surface area contributed by atoms with E-state index >= 15 is 0 Å². The maximum absolute atomic E-state index is 8.63. The monoisotopic (exact) mass is 157 g/mol. The molecule has 2 nitrogen and oxygen atoms in total. The van der Waals surface area contributed by atoms with Gasteiger partial charge in [-0.25, -0.2) is 0 Å². The Morgan fingerprint density at radius 2 is 1.44 bits per heavy atom. The van der Waals surface area contributed by atoms with Gasteiger partial charge in [0.2, 0.25) is 0 Å². The maximum Gasteiger partial charge on any atom is 0.115 e. The molecule has 1 aromatic carbocycles. The van der Waals surface area contributed by atoms with E-state index in [0.717, 1.165) is 0 Å². The molecule has 0 unspecified atom stereocenters. The maximum atomic E-state index is 8.63. The van der Waals surface area contributed by atoms with Crippen molar-refractivity contribution in [2.75, 3.05) is 0 Å². The molecule has 0 aliphatic rings. The number of benzene rings is 1. The van der Waals surface area contributed by atoms with Gasteiger partial charge in [-0.3, -0.25) is 0 Å². The zero-order valence-corrected chi connectivity index (χ0v) is 6.71. The van der Waals surface area contributed by atoms with E-state index in [9.17, 15) is 0 Å². The van der Waals surface area contributed by atoms with Crippen molar-refractivity contribution in [3.8, 4) is 5.75 Å². The van der Waals surface area contributed by atoms with Gasteiger partial charge in [0, 0.05) is 25.8 Å². The molecule has 1 radical (unpaired) electrons. The Balaban J connectivity index is 0. The second-order valence-corrected chi connectivity index (χ2v) is 1.34. The number of phenolic OH excluding ortho intramolecular Hbond substituents is 1. The molecule has 0 bridgehead atoms. The molecule has 0 saturated carbocycles. The van der Waals surface area contributed by atoms with E-state index in [1.165, 1.54) is 0 Å². The summed E-state index contributed by atoms with van der Waals surface area (Å²) in [4.78, 5) is 0. The molecule has 0 amide bonds. The van der Waals surface area contributed by atoms with Crippen LogP contribution < -0.4 is 0 Å². The van der Waals surface area contributed by atoms with Crippen LogP contribution in [0.4, 0.5) is 0 Å². The number of phenols is 1. The zero-order valence-electron chi connectivity index (χ0n) is 4.91. The van der Waals surface area contributed by atoms with Crippen molar-refractivity contribution < 1.29 is 36.4 Å². The van der Waals surface area contributed by atoms with Crippen LogP contribution in [-0.4, -0.2) is 10.6 Å². The van der Waals surface area contributed by atoms with E-state index in [2.05, 4.69) is 0 Å². The fraction of sp³-hybridized carbons (Fsp3) is 0. The van der Waals surface area contributed by atoms with Gasteiger partial charge >= 0.3 is 0 Å². The van der Waals surface area contributed by atoms with Crippen LogP contribution in [0.5, 0.6) is 5.75 Å². The van der Waals surface area contributed by atoms with E-state index in [0.29, 0.717) is 5.75 Å². The largest absolute Gasteiger partial charge is 0.508 e. The van der Waals surface area contributed by atoms with Crippen LogP contribution in [-0.2, 0) is 25.8 Å². The Kier molecular flexibility index (Phi) is 7.72. The van der Waals surface area contributed by atoms with Crippen LogP contribution in [0.2, 0.25) is 0 Å². The summed E-state index contributed by atoms with van der Waals surface area (Å²) in [6, 6.07) is 8.71. The van der Waals surface area contributed by atoms with Crippen molar-refractivity contribution in [1.29, 1.82) is 0 Å². The van der Waals surface area contributed by atoms with Crippen LogP contribution in [0.3, 0.4) is 0 Å². The number of rotatable bonds is 0. The molecule has 0 aromatic heterocycles. The van der Waals surface area contributed by atoms with Gasteiger partial charge in [0.15, 0.2) is 0 Å². The summed E-state index contributed by atoms with van der Waals surface area (Å²) in [5.74, 6) is 0.322. The first-order valence-electron chi connectivity index (χ1n) is 2.13. The van der Waals surface area contributed by atoms with Gasteiger partial charge in [-0.15, -0.1) is 0 Å². The van der Waals surface area contributed by atoms with Crippen molar-refractivity contribution in [3.63, 3.8) is 0 Å². The molecule has 47 valence electrons. The molecule has 9 heavy (non-hydrogen) atoms. The molecule has 0 aliphatic carbocycles. The third kappa shape index (κ3) is 4.36. The molecule has 0 heterocycles. The van der Waals surface area contributed by atoms with Crippen molar-refractivity contribution in [2.24, 2.45) is 0 Å². The van der Waals surface area contributed by atoms with Gasteiger partial charge in [-0.2, -0.15) is 0 Å². The van der Waals surface area contributed by atoms with Crippen molar-refractivity contribution in [3.05, 3.63) is 30.3 Å². The van der Waals surface area contributed by atoms with Gasteiger partial charge in [-0.1, -0.05) is 18.2 Å². The Bertz CT molecular complexity index is 141.